The standard InChI is InChI=1S/C15H8Cl3NO/c16-9-2-3-10(12(17)6-9)11-5-8-1-4-15(20)19-14(8)7-13(11)18/h1-7H,(H,19,20). The Hall–Kier alpha value is -1.48. The first-order valence-corrected chi connectivity index (χ1v) is 6.96. The first-order valence-electron chi connectivity index (χ1n) is 5.82. The van der Waals surface area contributed by atoms with Crippen molar-refractivity contribution < 1.29 is 0 Å². The van der Waals surface area contributed by atoms with Gasteiger partial charge >= 0.3 is 0 Å². The molecular formula is C15H8Cl3NO. The molecule has 0 spiro atoms. The van der Waals surface area contributed by atoms with Crippen molar-refractivity contribution >= 4 is 45.7 Å². The molecule has 0 saturated carbocycles. The van der Waals surface area contributed by atoms with Crippen LogP contribution < -0.4 is 5.56 Å². The number of hydrogen-bond donors (Lipinski definition) is 1. The van der Waals surface area contributed by atoms with Gasteiger partial charge in [-0.15, -0.1) is 0 Å². The molecule has 20 heavy (non-hydrogen) atoms. The fourth-order valence-corrected chi connectivity index (χ4v) is 2.87. The molecule has 0 aliphatic carbocycles. The average molecular weight is 325 g/mol. The summed E-state index contributed by atoms with van der Waals surface area (Å²) in [4.78, 5) is 14.0. The molecule has 1 heterocycles. The lowest BCUT2D eigenvalue weighted by atomic mass is 10.0. The van der Waals surface area contributed by atoms with Crippen molar-refractivity contribution in [3.63, 3.8) is 0 Å². The number of fused-ring (bicyclic) bond motifs is 1. The number of aromatic amines is 1. The second kappa shape index (κ2) is 5.13. The summed E-state index contributed by atoms with van der Waals surface area (Å²) in [5.41, 5.74) is 2.13. The summed E-state index contributed by atoms with van der Waals surface area (Å²) in [7, 11) is 0. The van der Waals surface area contributed by atoms with E-state index >= 15 is 0 Å². The lowest BCUT2D eigenvalue weighted by Crippen LogP contribution is -2.02. The molecule has 0 amide bonds. The van der Waals surface area contributed by atoms with Gasteiger partial charge in [0.2, 0.25) is 5.56 Å². The molecule has 5 heteroatoms. The van der Waals surface area contributed by atoms with Crippen molar-refractivity contribution in [3.05, 3.63) is 67.9 Å². The van der Waals surface area contributed by atoms with Crippen LogP contribution in [0.15, 0.2) is 47.3 Å². The molecule has 2 nitrogen and oxygen atoms in total. The largest absolute Gasteiger partial charge is 0.322 e. The Bertz CT molecular complexity index is 871. The maximum absolute atomic E-state index is 11.3. The van der Waals surface area contributed by atoms with E-state index in [9.17, 15) is 4.79 Å². The van der Waals surface area contributed by atoms with Crippen LogP contribution in [-0.4, -0.2) is 4.98 Å². The molecule has 3 rings (SSSR count). The number of pyridine rings is 1. The predicted molar refractivity (Wildman–Crippen MR) is 85.0 cm³/mol. The Morgan fingerprint density at radius 2 is 1.55 bits per heavy atom. The predicted octanol–water partition coefficient (Wildman–Crippen LogP) is 5.16. The first-order chi connectivity index (χ1) is 9.54. The molecule has 2 aromatic carbocycles. The summed E-state index contributed by atoms with van der Waals surface area (Å²) in [6.45, 7) is 0. The fraction of sp³-hybridized carbons (Fsp3) is 0. The topological polar surface area (TPSA) is 32.9 Å². The van der Waals surface area contributed by atoms with Gasteiger partial charge in [0, 0.05) is 32.8 Å². The molecule has 1 N–H and O–H groups in total. The van der Waals surface area contributed by atoms with Crippen LogP contribution in [0.5, 0.6) is 0 Å². The molecule has 1 aromatic heterocycles. The monoisotopic (exact) mass is 323 g/mol. The van der Waals surface area contributed by atoms with Gasteiger partial charge in [-0.2, -0.15) is 0 Å². The van der Waals surface area contributed by atoms with E-state index in [4.69, 9.17) is 34.8 Å². The third kappa shape index (κ3) is 2.42. The smallest absolute Gasteiger partial charge is 0.248 e. The van der Waals surface area contributed by atoms with E-state index in [2.05, 4.69) is 4.98 Å². The summed E-state index contributed by atoms with van der Waals surface area (Å²) < 4.78 is 0. The summed E-state index contributed by atoms with van der Waals surface area (Å²) in [6.07, 6.45) is 0. The zero-order chi connectivity index (χ0) is 14.3. The SMILES string of the molecule is O=c1ccc2cc(-c3ccc(Cl)cc3Cl)c(Cl)cc2[nH]1. The number of benzene rings is 2. The van der Waals surface area contributed by atoms with Crippen molar-refractivity contribution in [2.45, 2.75) is 0 Å². The van der Waals surface area contributed by atoms with Crippen molar-refractivity contribution in [3.8, 4) is 11.1 Å². The molecule has 0 radical (unpaired) electrons. The lowest BCUT2D eigenvalue weighted by Gasteiger charge is -2.09. The minimum Gasteiger partial charge on any atom is -0.322 e. The van der Waals surface area contributed by atoms with Gasteiger partial charge in [0.15, 0.2) is 0 Å². The number of rotatable bonds is 1. The van der Waals surface area contributed by atoms with Gasteiger partial charge in [-0.1, -0.05) is 40.9 Å². The molecule has 0 bridgehead atoms. The maximum Gasteiger partial charge on any atom is 0.248 e. The van der Waals surface area contributed by atoms with Gasteiger partial charge in [0.05, 0.1) is 5.02 Å². The van der Waals surface area contributed by atoms with Gasteiger partial charge in [0.1, 0.15) is 0 Å². The van der Waals surface area contributed by atoms with E-state index in [-0.39, 0.29) is 5.56 Å². The summed E-state index contributed by atoms with van der Waals surface area (Å²) in [6, 6.07) is 12.1. The third-order valence-corrected chi connectivity index (χ3v) is 3.89. The number of aromatic nitrogens is 1. The highest BCUT2D eigenvalue weighted by atomic mass is 35.5. The minimum absolute atomic E-state index is 0.161. The van der Waals surface area contributed by atoms with Gasteiger partial charge in [-0.25, -0.2) is 0 Å². The molecule has 3 aromatic rings. The van der Waals surface area contributed by atoms with Crippen LogP contribution in [0.1, 0.15) is 0 Å². The first kappa shape index (κ1) is 13.5. The Labute approximate surface area is 129 Å². The molecule has 0 aliphatic heterocycles. The average Bonchev–Trinajstić information content (AvgIpc) is 2.38. The van der Waals surface area contributed by atoms with Crippen molar-refractivity contribution in [1.82, 2.24) is 4.98 Å². The highest BCUT2D eigenvalue weighted by Gasteiger charge is 2.10. The van der Waals surface area contributed by atoms with E-state index < -0.39 is 0 Å². The molecule has 0 fully saturated rings. The quantitative estimate of drug-likeness (QED) is 0.659. The summed E-state index contributed by atoms with van der Waals surface area (Å²) >= 11 is 18.4. The Kier molecular flexibility index (Phi) is 3.47. The Balaban J connectivity index is 2.28. The van der Waals surface area contributed by atoms with Crippen LogP contribution in [0, 0.1) is 0 Å². The van der Waals surface area contributed by atoms with Crippen LogP contribution in [0.25, 0.3) is 22.0 Å². The molecule has 100 valence electrons. The fourth-order valence-electron chi connectivity index (χ4n) is 2.09. The van der Waals surface area contributed by atoms with Gasteiger partial charge in [0.25, 0.3) is 0 Å². The van der Waals surface area contributed by atoms with Crippen molar-refractivity contribution in [2.24, 2.45) is 0 Å². The number of nitrogens with one attached hydrogen (secondary N) is 1. The second-order valence-corrected chi connectivity index (χ2v) is 5.62. The number of H-pyrrole nitrogens is 1. The van der Waals surface area contributed by atoms with Crippen LogP contribution in [0.4, 0.5) is 0 Å². The normalized spacial score (nSPS) is 10.9. The minimum atomic E-state index is -0.161. The zero-order valence-corrected chi connectivity index (χ0v) is 12.4. The number of hydrogen-bond acceptors (Lipinski definition) is 1. The molecule has 0 unspecified atom stereocenters. The van der Waals surface area contributed by atoms with E-state index in [1.807, 2.05) is 12.1 Å². The highest BCUT2D eigenvalue weighted by molar-refractivity contribution is 6.38. The zero-order valence-electron chi connectivity index (χ0n) is 10.1. The molecular weight excluding hydrogens is 317 g/mol. The Morgan fingerprint density at radius 3 is 2.30 bits per heavy atom. The number of halogens is 3. The molecule has 0 aliphatic rings. The van der Waals surface area contributed by atoms with Gasteiger partial charge < -0.3 is 4.98 Å². The van der Waals surface area contributed by atoms with Crippen molar-refractivity contribution in [1.29, 1.82) is 0 Å². The Morgan fingerprint density at radius 1 is 0.800 bits per heavy atom. The van der Waals surface area contributed by atoms with Crippen LogP contribution >= 0.6 is 34.8 Å². The summed E-state index contributed by atoms with van der Waals surface area (Å²) in [5, 5.41) is 2.50. The van der Waals surface area contributed by atoms with Crippen LogP contribution in [0.3, 0.4) is 0 Å². The summed E-state index contributed by atoms with van der Waals surface area (Å²) in [5.74, 6) is 0. The molecule has 0 saturated heterocycles. The second-order valence-electron chi connectivity index (χ2n) is 4.37. The van der Waals surface area contributed by atoms with Crippen LogP contribution in [0.2, 0.25) is 15.1 Å². The van der Waals surface area contributed by atoms with E-state index in [0.717, 1.165) is 16.5 Å². The maximum atomic E-state index is 11.3. The third-order valence-electron chi connectivity index (χ3n) is 3.03. The highest BCUT2D eigenvalue weighted by Crippen LogP contribution is 2.36. The molecule has 0 atom stereocenters. The van der Waals surface area contributed by atoms with Crippen molar-refractivity contribution in [2.75, 3.05) is 0 Å². The van der Waals surface area contributed by atoms with E-state index in [0.29, 0.717) is 20.6 Å². The van der Waals surface area contributed by atoms with Crippen LogP contribution in [-0.2, 0) is 0 Å². The van der Waals surface area contributed by atoms with E-state index in [1.165, 1.54) is 6.07 Å². The van der Waals surface area contributed by atoms with Gasteiger partial charge in [-0.05, 0) is 35.7 Å². The lowest BCUT2D eigenvalue weighted by molar-refractivity contribution is 1.31. The van der Waals surface area contributed by atoms with E-state index in [1.54, 1.807) is 24.3 Å². The van der Waals surface area contributed by atoms with Gasteiger partial charge in [-0.3, -0.25) is 4.79 Å².